The number of rotatable bonds is 10. The van der Waals surface area contributed by atoms with Gasteiger partial charge >= 0.3 is 0 Å². The number of para-hydroxylation sites is 2. The Morgan fingerprint density at radius 3 is 1.57 bits per heavy atom. The van der Waals surface area contributed by atoms with E-state index in [2.05, 4.69) is 247 Å². The van der Waals surface area contributed by atoms with Crippen LogP contribution in [0.25, 0.3) is 88.5 Å². The van der Waals surface area contributed by atoms with E-state index >= 15 is 0 Å². The lowest BCUT2D eigenvalue weighted by atomic mass is 9.92. The third kappa shape index (κ3) is 7.81. The largest absolute Gasteiger partial charge is 0.383 e. The molecule has 3 heteroatoms. The van der Waals surface area contributed by atoms with Gasteiger partial charge in [0.1, 0.15) is 5.84 Å². The van der Waals surface area contributed by atoms with Gasteiger partial charge in [0.2, 0.25) is 0 Å². The van der Waals surface area contributed by atoms with E-state index in [4.69, 9.17) is 10.7 Å². The second kappa shape index (κ2) is 17.3. The van der Waals surface area contributed by atoms with Crippen molar-refractivity contribution in [3.8, 4) is 50.2 Å². The van der Waals surface area contributed by atoms with Gasteiger partial charge < -0.3 is 10.3 Å². The molecular formula is C62H45N3. The number of hydrogen-bond acceptors (Lipinski definition) is 1. The molecule has 0 aliphatic heterocycles. The number of aliphatic imine (C=N–C) groups is 1. The van der Waals surface area contributed by atoms with Crippen molar-refractivity contribution in [3.05, 3.63) is 265 Å². The smallest absolute Gasteiger partial charge is 0.131 e. The van der Waals surface area contributed by atoms with Gasteiger partial charge in [0.25, 0.3) is 0 Å². The zero-order valence-electron chi connectivity index (χ0n) is 35.9. The van der Waals surface area contributed by atoms with E-state index in [-0.39, 0.29) is 0 Å². The van der Waals surface area contributed by atoms with E-state index in [1.165, 1.54) is 60.8 Å². The number of allylic oxidation sites excluding steroid dienone is 1. The minimum atomic E-state index is 0.474. The number of nitrogens with zero attached hydrogens (tertiary/aromatic N) is 2. The number of nitrogens with two attached hydrogens (primary N) is 1. The van der Waals surface area contributed by atoms with Gasteiger partial charge in [-0.25, -0.2) is 4.99 Å². The van der Waals surface area contributed by atoms with Gasteiger partial charge in [-0.2, -0.15) is 0 Å². The van der Waals surface area contributed by atoms with Crippen molar-refractivity contribution < 1.29 is 0 Å². The third-order valence-corrected chi connectivity index (χ3v) is 12.5. The standard InChI is InChI=1S/C62H45N3/c63-62(50-35-31-47(32-36-50)45-16-6-2-7-17-45)64-59(40-26-43-24-27-46(28-25-43)44-14-4-1-5-15-44)56-39-38-53(54-20-10-11-21-55(54)56)49-33-29-48(30-34-49)51-37-41-61-58(42-51)57-22-12-13-23-60(57)65(61)52-18-8-3-9-19-52/h1-25,27-42H,26H2,(H2,63,64)/b59-40-. The van der Waals surface area contributed by atoms with Gasteiger partial charge in [-0.1, -0.05) is 218 Å². The fraction of sp³-hybridized carbons (Fsp3) is 0.0161. The monoisotopic (exact) mass is 831 g/mol. The Labute approximate surface area is 379 Å². The van der Waals surface area contributed by atoms with E-state index in [9.17, 15) is 0 Å². The summed E-state index contributed by atoms with van der Waals surface area (Å²) in [5.41, 5.74) is 23.8. The first-order chi connectivity index (χ1) is 32.1. The Morgan fingerprint density at radius 2 is 0.892 bits per heavy atom. The summed E-state index contributed by atoms with van der Waals surface area (Å²) in [5, 5.41) is 4.77. The SMILES string of the molecule is NC(=N/C(=C\Cc1ccc(-c2ccccc2)cc1)c1ccc(-c2ccc(-c3ccc4c(c3)c3ccccc3n4-c3ccccc3)cc2)c2ccccc12)c1ccc(-c2ccccc2)cc1. The summed E-state index contributed by atoms with van der Waals surface area (Å²) in [6.07, 6.45) is 2.91. The molecule has 10 aromatic carbocycles. The second-order valence-electron chi connectivity index (χ2n) is 16.5. The molecule has 0 bridgehead atoms. The molecule has 3 nitrogen and oxygen atoms in total. The number of fused-ring (bicyclic) bond motifs is 4. The van der Waals surface area contributed by atoms with E-state index in [1.807, 2.05) is 6.07 Å². The van der Waals surface area contributed by atoms with E-state index < -0.39 is 0 Å². The molecule has 0 aliphatic carbocycles. The Balaban J connectivity index is 0.944. The molecule has 2 N–H and O–H groups in total. The van der Waals surface area contributed by atoms with Crippen LogP contribution in [0.5, 0.6) is 0 Å². The Hall–Kier alpha value is -8.53. The number of hydrogen-bond donors (Lipinski definition) is 1. The Bertz CT molecular complexity index is 3510. The van der Waals surface area contributed by atoms with Crippen LogP contribution in [0.1, 0.15) is 16.7 Å². The molecule has 1 heterocycles. The summed E-state index contributed by atoms with van der Waals surface area (Å²) in [5.74, 6) is 0.474. The lowest BCUT2D eigenvalue weighted by Gasteiger charge is -2.14. The Kier molecular flexibility index (Phi) is 10.5. The first-order valence-electron chi connectivity index (χ1n) is 22.2. The van der Waals surface area contributed by atoms with Crippen molar-refractivity contribution in [1.29, 1.82) is 0 Å². The Morgan fingerprint density at radius 1 is 0.400 bits per heavy atom. The van der Waals surface area contributed by atoms with Gasteiger partial charge in [0, 0.05) is 27.6 Å². The number of aromatic nitrogens is 1. The summed E-state index contributed by atoms with van der Waals surface area (Å²) in [7, 11) is 0. The molecule has 11 aromatic rings. The summed E-state index contributed by atoms with van der Waals surface area (Å²) >= 11 is 0. The van der Waals surface area contributed by atoms with Gasteiger partial charge in [-0.05, 0) is 97.6 Å². The van der Waals surface area contributed by atoms with Crippen molar-refractivity contribution >= 4 is 44.1 Å². The highest BCUT2D eigenvalue weighted by molar-refractivity contribution is 6.11. The van der Waals surface area contributed by atoms with Crippen LogP contribution in [0.4, 0.5) is 0 Å². The molecule has 65 heavy (non-hydrogen) atoms. The van der Waals surface area contributed by atoms with Crippen molar-refractivity contribution in [3.63, 3.8) is 0 Å². The highest BCUT2D eigenvalue weighted by atomic mass is 15.0. The first-order valence-corrected chi connectivity index (χ1v) is 22.2. The van der Waals surface area contributed by atoms with Gasteiger partial charge in [0.15, 0.2) is 0 Å². The van der Waals surface area contributed by atoms with Crippen LogP contribution >= 0.6 is 0 Å². The normalized spacial score (nSPS) is 12.0. The molecule has 0 atom stereocenters. The molecule has 0 saturated carbocycles. The van der Waals surface area contributed by atoms with Crippen molar-refractivity contribution in [2.75, 3.05) is 0 Å². The van der Waals surface area contributed by atoms with E-state index in [0.717, 1.165) is 44.4 Å². The highest BCUT2D eigenvalue weighted by Crippen LogP contribution is 2.38. The molecule has 308 valence electrons. The predicted octanol–water partition coefficient (Wildman–Crippen LogP) is 15.6. The minimum Gasteiger partial charge on any atom is -0.383 e. The quantitative estimate of drug-likeness (QED) is 0.108. The van der Waals surface area contributed by atoms with Crippen LogP contribution < -0.4 is 5.73 Å². The van der Waals surface area contributed by atoms with Crippen LogP contribution in [-0.2, 0) is 6.42 Å². The van der Waals surface area contributed by atoms with Crippen LogP contribution in [0.15, 0.2) is 254 Å². The first kappa shape index (κ1) is 39.3. The van der Waals surface area contributed by atoms with Crippen molar-refractivity contribution in [2.24, 2.45) is 10.7 Å². The molecule has 0 unspecified atom stereocenters. The molecule has 0 fully saturated rings. The molecule has 0 saturated heterocycles. The predicted molar refractivity (Wildman–Crippen MR) is 275 cm³/mol. The van der Waals surface area contributed by atoms with Gasteiger partial charge in [-0.3, -0.25) is 0 Å². The summed E-state index contributed by atoms with van der Waals surface area (Å²) in [4.78, 5) is 5.21. The molecular weight excluding hydrogens is 787 g/mol. The van der Waals surface area contributed by atoms with Crippen LogP contribution in [0.3, 0.4) is 0 Å². The number of amidine groups is 1. The maximum Gasteiger partial charge on any atom is 0.131 e. The maximum absolute atomic E-state index is 6.90. The molecule has 0 amide bonds. The van der Waals surface area contributed by atoms with E-state index in [1.54, 1.807) is 0 Å². The summed E-state index contributed by atoms with van der Waals surface area (Å²) in [6, 6.07) is 86.3. The lowest BCUT2D eigenvalue weighted by Crippen LogP contribution is -2.13. The van der Waals surface area contributed by atoms with Crippen molar-refractivity contribution in [1.82, 2.24) is 4.57 Å². The summed E-state index contributed by atoms with van der Waals surface area (Å²) < 4.78 is 2.36. The average Bonchev–Trinajstić information content (AvgIpc) is 3.72. The zero-order valence-corrected chi connectivity index (χ0v) is 35.9. The lowest BCUT2D eigenvalue weighted by molar-refractivity contribution is 1.18. The number of benzene rings is 10. The van der Waals surface area contributed by atoms with Crippen molar-refractivity contribution in [2.45, 2.75) is 6.42 Å². The molecule has 0 radical (unpaired) electrons. The minimum absolute atomic E-state index is 0.474. The maximum atomic E-state index is 6.90. The fourth-order valence-corrected chi connectivity index (χ4v) is 9.18. The van der Waals surface area contributed by atoms with E-state index in [0.29, 0.717) is 12.3 Å². The zero-order chi connectivity index (χ0) is 43.5. The topological polar surface area (TPSA) is 43.3 Å². The third-order valence-electron chi connectivity index (χ3n) is 12.5. The molecule has 11 rings (SSSR count). The highest BCUT2D eigenvalue weighted by Gasteiger charge is 2.15. The molecule has 0 aliphatic rings. The second-order valence-corrected chi connectivity index (χ2v) is 16.5. The average molecular weight is 832 g/mol. The fourth-order valence-electron chi connectivity index (χ4n) is 9.18. The van der Waals surface area contributed by atoms with Crippen LogP contribution in [0.2, 0.25) is 0 Å². The van der Waals surface area contributed by atoms with Crippen LogP contribution in [-0.4, -0.2) is 10.4 Å². The molecule has 1 aromatic heterocycles. The summed E-state index contributed by atoms with van der Waals surface area (Å²) in [6.45, 7) is 0. The van der Waals surface area contributed by atoms with Gasteiger partial charge in [0.05, 0.1) is 16.7 Å². The van der Waals surface area contributed by atoms with Gasteiger partial charge in [-0.15, -0.1) is 0 Å². The van der Waals surface area contributed by atoms with Crippen LogP contribution in [0, 0.1) is 0 Å². The molecule has 0 spiro atoms.